The van der Waals surface area contributed by atoms with Gasteiger partial charge in [-0.05, 0) is 51.2 Å². The number of alkyl halides is 3. The number of piperidine rings is 1. The van der Waals surface area contributed by atoms with E-state index in [2.05, 4.69) is 33.8 Å². The van der Waals surface area contributed by atoms with Crippen molar-refractivity contribution in [3.05, 3.63) is 30.0 Å². The summed E-state index contributed by atoms with van der Waals surface area (Å²) >= 11 is 0. The molecule has 0 spiro atoms. The smallest absolute Gasteiger partial charge is 0.382 e. The van der Waals surface area contributed by atoms with Gasteiger partial charge in [-0.15, -0.1) is 0 Å². The first-order chi connectivity index (χ1) is 14.0. The van der Waals surface area contributed by atoms with Crippen LogP contribution in [-0.2, 0) is 16.6 Å². The fraction of sp³-hybridized carbons (Fsp3) is 0.500. The first kappa shape index (κ1) is 22.5. The van der Waals surface area contributed by atoms with Crippen LogP contribution in [0, 0.1) is 11.8 Å². The summed E-state index contributed by atoms with van der Waals surface area (Å²) in [6.07, 6.45) is 0.00819. The first-order valence-corrected chi connectivity index (χ1v) is 11.5. The molecule has 30 heavy (non-hydrogen) atoms. The summed E-state index contributed by atoms with van der Waals surface area (Å²) in [5, 5.41) is 4.18. The maximum atomic E-state index is 13.0. The van der Waals surface area contributed by atoms with Crippen LogP contribution in [0.15, 0.2) is 24.4 Å². The Labute approximate surface area is 174 Å². The third-order valence-electron chi connectivity index (χ3n) is 4.97. The van der Waals surface area contributed by atoms with E-state index in [0.29, 0.717) is 16.5 Å². The fourth-order valence-electron chi connectivity index (χ4n) is 3.50. The number of fused-ring (bicyclic) bond motifs is 1. The van der Waals surface area contributed by atoms with E-state index in [-0.39, 0.29) is 12.6 Å². The molecular weight excluding hydrogens is 417 g/mol. The van der Waals surface area contributed by atoms with Gasteiger partial charge in [0.2, 0.25) is 10.0 Å². The van der Waals surface area contributed by atoms with Gasteiger partial charge >= 0.3 is 6.18 Å². The van der Waals surface area contributed by atoms with Gasteiger partial charge in [-0.2, -0.15) is 13.2 Å². The van der Waals surface area contributed by atoms with E-state index in [4.69, 9.17) is 0 Å². The van der Waals surface area contributed by atoms with Crippen molar-refractivity contribution in [1.82, 2.24) is 14.2 Å². The van der Waals surface area contributed by atoms with E-state index in [9.17, 15) is 21.6 Å². The summed E-state index contributed by atoms with van der Waals surface area (Å²) in [6, 6.07) is 5.33. The molecule has 0 unspecified atom stereocenters. The molecule has 1 aromatic heterocycles. The molecular formula is C20H25F3N4O2S. The van der Waals surface area contributed by atoms with Gasteiger partial charge in [-0.1, -0.05) is 11.8 Å². The number of hydrogen-bond acceptors (Lipinski definition) is 4. The molecule has 1 aliphatic rings. The zero-order valence-corrected chi connectivity index (χ0v) is 17.7. The third-order valence-corrected chi connectivity index (χ3v) is 5.64. The number of anilines is 1. The number of rotatable bonds is 5. The number of aromatic nitrogens is 1. The second kappa shape index (κ2) is 8.88. The molecule has 2 aromatic rings. The molecule has 2 N–H and O–H groups in total. The zero-order valence-electron chi connectivity index (χ0n) is 16.9. The molecule has 0 radical (unpaired) electrons. The molecule has 0 saturated carbocycles. The Bertz CT molecular complexity index is 1060. The second-order valence-electron chi connectivity index (χ2n) is 7.63. The average Bonchev–Trinajstić information content (AvgIpc) is 3.01. The van der Waals surface area contributed by atoms with Gasteiger partial charge in [0.25, 0.3) is 0 Å². The lowest BCUT2D eigenvalue weighted by Gasteiger charge is -2.30. The summed E-state index contributed by atoms with van der Waals surface area (Å²) in [7, 11) is -1.30. The number of likely N-dealkylation sites (tertiary alicyclic amines) is 1. The van der Waals surface area contributed by atoms with E-state index in [0.717, 1.165) is 42.4 Å². The molecule has 1 saturated heterocycles. The van der Waals surface area contributed by atoms with Crippen LogP contribution in [0.25, 0.3) is 10.9 Å². The molecule has 2 heterocycles. The minimum Gasteiger partial charge on any atom is -0.382 e. The molecule has 3 rings (SSSR count). The molecule has 164 valence electrons. The van der Waals surface area contributed by atoms with Gasteiger partial charge in [0.1, 0.15) is 6.54 Å². The van der Waals surface area contributed by atoms with E-state index in [1.807, 2.05) is 6.07 Å². The van der Waals surface area contributed by atoms with Crippen LogP contribution in [0.4, 0.5) is 18.9 Å². The number of benzene rings is 1. The molecule has 1 aromatic carbocycles. The average molecular weight is 443 g/mol. The summed E-state index contributed by atoms with van der Waals surface area (Å²) in [4.78, 5) is 2.24. The second-order valence-corrected chi connectivity index (χ2v) is 9.47. The number of nitrogens with zero attached hydrogens (tertiary/aromatic N) is 2. The third kappa shape index (κ3) is 6.39. The number of halogens is 3. The zero-order chi connectivity index (χ0) is 21.9. The van der Waals surface area contributed by atoms with Crippen LogP contribution in [-0.4, -0.2) is 63.0 Å². The largest absolute Gasteiger partial charge is 0.406 e. The van der Waals surface area contributed by atoms with Gasteiger partial charge in [0.05, 0.1) is 18.3 Å². The summed E-state index contributed by atoms with van der Waals surface area (Å²) in [5.41, 5.74) is 1.70. The molecule has 6 nitrogen and oxygen atoms in total. The lowest BCUT2D eigenvalue weighted by atomic mass is 10.0. The summed E-state index contributed by atoms with van der Waals surface area (Å²) in [6.45, 7) is 0.744. The van der Waals surface area contributed by atoms with Crippen molar-refractivity contribution in [3.8, 4) is 11.8 Å². The van der Waals surface area contributed by atoms with Crippen molar-refractivity contribution in [2.24, 2.45) is 0 Å². The topological polar surface area (TPSA) is 66.4 Å². The highest BCUT2D eigenvalue weighted by atomic mass is 32.2. The maximum absolute atomic E-state index is 13.0. The SMILES string of the molecule is CN1CCC(Nc2cc(C#CCNS(C)(=O)=O)cc3c2ccn3CC(F)(F)F)CC1. The van der Waals surface area contributed by atoms with Crippen LogP contribution < -0.4 is 10.0 Å². The van der Waals surface area contributed by atoms with E-state index in [1.54, 1.807) is 12.1 Å². The van der Waals surface area contributed by atoms with Gasteiger partial charge in [-0.3, -0.25) is 0 Å². The van der Waals surface area contributed by atoms with Crippen LogP contribution in [0.1, 0.15) is 18.4 Å². The summed E-state index contributed by atoms with van der Waals surface area (Å²) in [5.74, 6) is 5.57. The Morgan fingerprint density at radius 3 is 2.57 bits per heavy atom. The predicted octanol–water partition coefficient (Wildman–Crippen LogP) is 2.61. The Balaban J connectivity index is 1.93. The molecule has 0 bridgehead atoms. The molecule has 1 fully saturated rings. The predicted molar refractivity (Wildman–Crippen MR) is 112 cm³/mol. The normalized spacial score (nSPS) is 16.4. The van der Waals surface area contributed by atoms with Crippen LogP contribution >= 0.6 is 0 Å². The monoisotopic (exact) mass is 442 g/mol. The van der Waals surface area contributed by atoms with Crippen molar-refractivity contribution in [3.63, 3.8) is 0 Å². The Morgan fingerprint density at radius 2 is 1.93 bits per heavy atom. The van der Waals surface area contributed by atoms with Crippen molar-refractivity contribution in [2.75, 3.05) is 38.3 Å². The number of hydrogen-bond donors (Lipinski definition) is 2. The molecule has 0 aliphatic carbocycles. The lowest BCUT2D eigenvalue weighted by Crippen LogP contribution is -2.36. The van der Waals surface area contributed by atoms with Gasteiger partial charge in [0.15, 0.2) is 0 Å². The van der Waals surface area contributed by atoms with Crippen LogP contribution in [0.2, 0.25) is 0 Å². The van der Waals surface area contributed by atoms with Gasteiger partial charge in [0, 0.05) is 28.9 Å². The quantitative estimate of drug-likeness (QED) is 0.699. The van der Waals surface area contributed by atoms with Gasteiger partial charge < -0.3 is 14.8 Å². The molecule has 1 aliphatic heterocycles. The highest BCUT2D eigenvalue weighted by Gasteiger charge is 2.28. The molecule has 0 amide bonds. The number of sulfonamides is 1. The van der Waals surface area contributed by atoms with Crippen LogP contribution in [0.3, 0.4) is 0 Å². The highest BCUT2D eigenvalue weighted by Crippen LogP contribution is 2.30. The Hall–Kier alpha value is -2.22. The molecule has 10 heteroatoms. The standard InChI is InChI=1S/C20H25F3N4O2S/c1-26-9-5-16(6-10-26)25-18-12-15(4-3-8-24-30(2,28)29)13-19-17(18)7-11-27(19)14-20(21,22)23/h7,11-13,16,24-25H,5-6,8-10,14H2,1-2H3. The molecule has 0 atom stereocenters. The van der Waals surface area contributed by atoms with E-state index in [1.165, 1.54) is 6.20 Å². The van der Waals surface area contributed by atoms with Gasteiger partial charge in [-0.25, -0.2) is 13.1 Å². The lowest BCUT2D eigenvalue weighted by molar-refractivity contribution is -0.139. The van der Waals surface area contributed by atoms with Crippen molar-refractivity contribution >= 4 is 26.6 Å². The van der Waals surface area contributed by atoms with E-state index < -0.39 is 22.7 Å². The number of nitrogens with one attached hydrogen (secondary N) is 2. The van der Waals surface area contributed by atoms with Crippen molar-refractivity contribution in [2.45, 2.75) is 31.6 Å². The minimum absolute atomic E-state index is 0.0713. The van der Waals surface area contributed by atoms with Crippen molar-refractivity contribution < 1.29 is 21.6 Å². The highest BCUT2D eigenvalue weighted by molar-refractivity contribution is 7.88. The minimum atomic E-state index is -4.34. The maximum Gasteiger partial charge on any atom is 0.406 e. The first-order valence-electron chi connectivity index (χ1n) is 9.58. The van der Waals surface area contributed by atoms with E-state index >= 15 is 0 Å². The Kier molecular flexibility index (Phi) is 6.65. The van der Waals surface area contributed by atoms with Crippen LogP contribution in [0.5, 0.6) is 0 Å². The Morgan fingerprint density at radius 1 is 1.23 bits per heavy atom. The van der Waals surface area contributed by atoms with Crippen molar-refractivity contribution in [1.29, 1.82) is 0 Å². The fourth-order valence-corrected chi connectivity index (χ4v) is 3.84. The summed E-state index contributed by atoms with van der Waals surface area (Å²) < 4.78 is 64.7.